The molecule has 1 fully saturated rings. The van der Waals surface area contributed by atoms with Crippen molar-refractivity contribution in [3.63, 3.8) is 0 Å². The normalized spacial score (nSPS) is 22.3. The molecule has 2 amide bonds. The summed E-state index contributed by atoms with van der Waals surface area (Å²) in [6.45, 7) is 0.171. The SMILES string of the molecule is C#CCn1nnnc1SCC1=C(C(=O)O)N2C(=O)C(NC(=O)/C(=N/OC3C=CCC3)c3csc(N)n3)C2SC1. The lowest BCUT2D eigenvalue weighted by molar-refractivity contribution is -0.150. The van der Waals surface area contributed by atoms with Gasteiger partial charge in [0.25, 0.3) is 11.8 Å². The molecule has 202 valence electrons. The van der Waals surface area contributed by atoms with Gasteiger partial charge in [0.05, 0.1) is 0 Å². The van der Waals surface area contributed by atoms with Crippen LogP contribution >= 0.6 is 34.9 Å². The highest BCUT2D eigenvalue weighted by Crippen LogP contribution is 2.41. The van der Waals surface area contributed by atoms with Gasteiger partial charge in [-0.25, -0.2) is 14.5 Å². The topological polar surface area (TPSA) is 191 Å². The molecule has 3 aliphatic rings. The fourth-order valence-electron chi connectivity index (χ4n) is 4.06. The van der Waals surface area contributed by atoms with E-state index in [4.69, 9.17) is 17.0 Å². The van der Waals surface area contributed by atoms with Gasteiger partial charge in [0, 0.05) is 16.9 Å². The Bertz CT molecular complexity index is 1440. The lowest BCUT2D eigenvalue weighted by Gasteiger charge is -2.49. The molecule has 2 aromatic heterocycles. The first-order chi connectivity index (χ1) is 18.9. The molecule has 2 aromatic rings. The molecule has 14 nitrogen and oxygen atoms in total. The van der Waals surface area contributed by atoms with E-state index < -0.39 is 29.2 Å². The molecule has 5 rings (SSSR count). The van der Waals surface area contributed by atoms with Crippen LogP contribution in [0.4, 0.5) is 5.13 Å². The van der Waals surface area contributed by atoms with Crippen LogP contribution in [0.3, 0.4) is 0 Å². The number of nitrogens with two attached hydrogens (primary N) is 1. The average molecular weight is 588 g/mol. The van der Waals surface area contributed by atoms with Crippen LogP contribution in [0.15, 0.2) is 39.1 Å². The largest absolute Gasteiger partial charge is 0.477 e. The van der Waals surface area contributed by atoms with Crippen molar-refractivity contribution in [3.05, 3.63) is 34.5 Å². The lowest BCUT2D eigenvalue weighted by Crippen LogP contribution is -2.71. The Kier molecular flexibility index (Phi) is 7.86. The van der Waals surface area contributed by atoms with Gasteiger partial charge in [0.15, 0.2) is 10.8 Å². The number of β-lactam (4-membered cyclic amide) rings is 1. The molecule has 0 saturated carbocycles. The summed E-state index contributed by atoms with van der Waals surface area (Å²) in [4.78, 5) is 49.3. The maximum Gasteiger partial charge on any atom is 0.352 e. The summed E-state index contributed by atoms with van der Waals surface area (Å²) in [5.41, 5.74) is 6.25. The third-order valence-corrected chi connectivity index (χ3v) is 8.94. The Morgan fingerprint density at radius 3 is 2.97 bits per heavy atom. The summed E-state index contributed by atoms with van der Waals surface area (Å²) < 4.78 is 1.42. The monoisotopic (exact) mass is 587 g/mol. The van der Waals surface area contributed by atoms with Crippen molar-refractivity contribution in [2.75, 3.05) is 17.2 Å². The number of aromatic nitrogens is 5. The highest BCUT2D eigenvalue weighted by Gasteiger charge is 2.54. The smallest absolute Gasteiger partial charge is 0.352 e. The number of thiazole rings is 1. The number of thioether (sulfide) groups is 2. The summed E-state index contributed by atoms with van der Waals surface area (Å²) in [5.74, 6) is 0.546. The van der Waals surface area contributed by atoms with Gasteiger partial charge in [-0.1, -0.05) is 28.9 Å². The molecule has 2 aliphatic heterocycles. The van der Waals surface area contributed by atoms with Gasteiger partial charge < -0.3 is 21.0 Å². The van der Waals surface area contributed by atoms with E-state index in [9.17, 15) is 19.5 Å². The summed E-state index contributed by atoms with van der Waals surface area (Å²) >= 11 is 3.70. The molecular formula is C22H21N9O5S3. The Hall–Kier alpha value is -3.88. The fourth-order valence-corrected chi connectivity index (χ4v) is 6.96. The zero-order valence-electron chi connectivity index (χ0n) is 20.1. The van der Waals surface area contributed by atoms with Crippen LogP contribution in [-0.2, 0) is 25.8 Å². The van der Waals surface area contributed by atoms with Crippen LogP contribution in [-0.4, -0.2) is 87.7 Å². The number of carboxylic acids is 1. The first kappa shape index (κ1) is 26.7. The van der Waals surface area contributed by atoms with E-state index >= 15 is 0 Å². The molecule has 0 aromatic carbocycles. The number of rotatable bonds is 10. The van der Waals surface area contributed by atoms with Gasteiger partial charge in [0.2, 0.25) is 5.16 Å². The molecule has 0 radical (unpaired) electrons. The van der Waals surface area contributed by atoms with Gasteiger partial charge in [-0.2, -0.15) is 0 Å². The fraction of sp³-hybridized carbons (Fsp3) is 0.364. The lowest BCUT2D eigenvalue weighted by atomic mass is 10.0. The van der Waals surface area contributed by atoms with Crippen molar-refractivity contribution < 1.29 is 24.3 Å². The van der Waals surface area contributed by atoms with E-state index in [-0.39, 0.29) is 40.6 Å². The molecule has 0 spiro atoms. The predicted molar refractivity (Wildman–Crippen MR) is 143 cm³/mol. The van der Waals surface area contributed by atoms with E-state index in [2.05, 4.69) is 36.9 Å². The van der Waals surface area contributed by atoms with Crippen LogP contribution in [0.5, 0.6) is 0 Å². The van der Waals surface area contributed by atoms with E-state index in [0.29, 0.717) is 16.5 Å². The van der Waals surface area contributed by atoms with E-state index in [1.165, 1.54) is 33.1 Å². The van der Waals surface area contributed by atoms with Gasteiger partial charge in [0.1, 0.15) is 35.5 Å². The van der Waals surface area contributed by atoms with Crippen LogP contribution in [0.2, 0.25) is 0 Å². The van der Waals surface area contributed by atoms with Crippen LogP contribution in [0, 0.1) is 12.3 Å². The second kappa shape index (κ2) is 11.5. The molecule has 0 bridgehead atoms. The Labute approximate surface area is 234 Å². The molecule has 39 heavy (non-hydrogen) atoms. The number of nitrogens with zero attached hydrogens (tertiary/aromatic N) is 7. The molecule has 3 unspecified atom stereocenters. The Balaban J connectivity index is 1.30. The second-order valence-electron chi connectivity index (χ2n) is 8.39. The van der Waals surface area contributed by atoms with Crippen molar-refractivity contribution in [1.82, 2.24) is 35.4 Å². The van der Waals surface area contributed by atoms with Crippen molar-refractivity contribution in [2.24, 2.45) is 5.16 Å². The maximum atomic E-state index is 13.2. The summed E-state index contributed by atoms with van der Waals surface area (Å²) in [7, 11) is 0. The Morgan fingerprint density at radius 2 is 2.28 bits per heavy atom. The van der Waals surface area contributed by atoms with Gasteiger partial charge in [-0.15, -0.1) is 34.6 Å². The number of hydrogen-bond acceptors (Lipinski definition) is 13. The maximum absolute atomic E-state index is 13.2. The zero-order chi connectivity index (χ0) is 27.5. The molecular weight excluding hydrogens is 567 g/mol. The average Bonchev–Trinajstić information content (AvgIpc) is 3.69. The highest BCUT2D eigenvalue weighted by atomic mass is 32.2. The first-order valence-electron chi connectivity index (χ1n) is 11.5. The van der Waals surface area contributed by atoms with Gasteiger partial charge >= 0.3 is 5.97 Å². The van der Waals surface area contributed by atoms with E-state index in [0.717, 1.165) is 24.2 Å². The number of anilines is 1. The van der Waals surface area contributed by atoms with Crippen LogP contribution in [0.1, 0.15) is 18.5 Å². The summed E-state index contributed by atoms with van der Waals surface area (Å²) in [5, 5.41) is 29.6. The van der Waals surface area contributed by atoms with E-state index in [1.807, 2.05) is 12.2 Å². The quantitative estimate of drug-likeness (QED) is 0.0863. The molecule has 4 heterocycles. The summed E-state index contributed by atoms with van der Waals surface area (Å²) in [6.07, 6.45) is 10.4. The molecule has 17 heteroatoms. The summed E-state index contributed by atoms with van der Waals surface area (Å²) in [6, 6.07) is -0.957. The van der Waals surface area contributed by atoms with E-state index in [1.54, 1.807) is 5.38 Å². The van der Waals surface area contributed by atoms with Crippen molar-refractivity contribution in [3.8, 4) is 12.3 Å². The predicted octanol–water partition coefficient (Wildman–Crippen LogP) is 0.315. The number of amides is 2. The number of fused-ring (bicyclic) bond motifs is 1. The number of nitrogens with one attached hydrogen (secondary N) is 1. The van der Waals surface area contributed by atoms with Crippen LogP contribution in [0.25, 0.3) is 0 Å². The highest BCUT2D eigenvalue weighted by molar-refractivity contribution is 8.01. The number of terminal acetylenes is 1. The number of aliphatic carboxylic acids is 1. The minimum absolute atomic E-state index is 0.116. The number of carbonyl (C=O) groups excluding carboxylic acids is 2. The number of nitrogen functional groups attached to an aromatic ring is 1. The number of tetrazole rings is 1. The number of hydrogen-bond donors (Lipinski definition) is 3. The molecule has 4 N–H and O–H groups in total. The van der Waals surface area contributed by atoms with Crippen molar-refractivity contribution in [2.45, 2.75) is 42.1 Å². The third-order valence-electron chi connectivity index (χ3n) is 5.88. The minimum atomic E-state index is -1.24. The van der Waals surface area contributed by atoms with Crippen molar-refractivity contribution in [1.29, 1.82) is 0 Å². The second-order valence-corrected chi connectivity index (χ2v) is 11.3. The van der Waals surface area contributed by atoms with Crippen molar-refractivity contribution >= 4 is 63.5 Å². The minimum Gasteiger partial charge on any atom is -0.477 e. The standard InChI is InChI=1S/C22H21N9O5S3/c1-2-7-30-22(26-28-29-30)39-9-11-8-37-19-15(18(33)31(19)16(11)20(34)35)25-17(32)14(13-10-38-21(23)24-13)27-36-12-5-3-4-6-12/h1,3,5,10,12,15,19H,4,6-9H2,(H2,23,24)(H,25,32)(H,34,35)/b27-14+. The van der Waals surface area contributed by atoms with Gasteiger partial charge in [-0.05, 0) is 34.9 Å². The third kappa shape index (κ3) is 5.48. The number of oxime groups is 1. The molecule has 1 aliphatic carbocycles. The number of carbonyl (C=O) groups is 3. The number of allylic oxidation sites excluding steroid dienone is 1. The van der Waals surface area contributed by atoms with Crippen LogP contribution < -0.4 is 11.1 Å². The first-order valence-corrected chi connectivity index (χ1v) is 14.4. The number of carboxylic acid groups (broad SMARTS) is 1. The molecule has 3 atom stereocenters. The molecule has 1 saturated heterocycles. The zero-order valence-corrected chi connectivity index (χ0v) is 22.5. The van der Waals surface area contributed by atoms with Gasteiger partial charge in [-0.3, -0.25) is 14.5 Å². The Morgan fingerprint density at radius 1 is 1.44 bits per heavy atom.